The Morgan fingerprint density at radius 2 is 1.80 bits per heavy atom. The molecule has 0 aromatic heterocycles. The van der Waals surface area contributed by atoms with Crippen LogP contribution < -0.4 is 15.4 Å². The molecule has 0 aliphatic rings. The maximum atomic E-state index is 12.1. The summed E-state index contributed by atoms with van der Waals surface area (Å²) in [7, 11) is 0. The van der Waals surface area contributed by atoms with Crippen molar-refractivity contribution in [2.45, 2.75) is 26.0 Å². The fourth-order valence-electron chi connectivity index (χ4n) is 2.43. The molecular weight excluding hydrogens is 394 g/mol. The van der Waals surface area contributed by atoms with Gasteiger partial charge in [0.15, 0.2) is 6.54 Å². The Hall–Kier alpha value is -1.99. The van der Waals surface area contributed by atoms with Crippen molar-refractivity contribution >= 4 is 27.5 Å². The monoisotopic (exact) mass is 413 g/mol. The summed E-state index contributed by atoms with van der Waals surface area (Å²) in [5, 5.41) is 4.72. The number of ether oxygens (including phenoxy) is 1. The van der Waals surface area contributed by atoms with Crippen LogP contribution in [-0.4, -0.2) is 19.1 Å². The van der Waals surface area contributed by atoms with Gasteiger partial charge >= 0.3 is 6.61 Å². The van der Waals surface area contributed by atoms with E-state index >= 15 is 0 Å². The molecule has 2 aromatic carbocycles. The summed E-state index contributed by atoms with van der Waals surface area (Å²) >= 11 is 3.41. The van der Waals surface area contributed by atoms with E-state index in [0.29, 0.717) is 5.69 Å². The second-order valence-electron chi connectivity index (χ2n) is 5.46. The number of halogens is 3. The third kappa shape index (κ3) is 6.43. The topological polar surface area (TPSA) is 54.9 Å². The predicted molar refractivity (Wildman–Crippen MR) is 95.7 cm³/mol. The van der Waals surface area contributed by atoms with Crippen LogP contribution in [0.2, 0.25) is 0 Å². The van der Waals surface area contributed by atoms with Gasteiger partial charge in [-0.1, -0.05) is 35.0 Å². The molecule has 0 unspecified atom stereocenters. The first-order valence-corrected chi connectivity index (χ1v) is 8.70. The second-order valence-corrected chi connectivity index (χ2v) is 6.37. The summed E-state index contributed by atoms with van der Waals surface area (Å²) in [5.74, 6) is -0.0982. The van der Waals surface area contributed by atoms with Crippen molar-refractivity contribution in [1.29, 1.82) is 0 Å². The SMILES string of the molecule is CC[C@H]([NH2+]CC(=O)Nc1ccc(OC(F)F)cc1)c1ccc(Br)cc1. The lowest BCUT2D eigenvalue weighted by Gasteiger charge is -2.14. The molecule has 0 fully saturated rings. The summed E-state index contributed by atoms with van der Waals surface area (Å²) < 4.78 is 29.5. The van der Waals surface area contributed by atoms with Gasteiger partial charge in [-0.2, -0.15) is 8.78 Å². The molecule has 0 radical (unpaired) electrons. The minimum absolute atomic E-state index is 0.0563. The van der Waals surface area contributed by atoms with Crippen molar-refractivity contribution in [1.82, 2.24) is 0 Å². The fraction of sp³-hybridized carbons (Fsp3) is 0.278. The maximum absolute atomic E-state index is 12.1. The molecule has 0 heterocycles. The molecule has 4 nitrogen and oxygen atoms in total. The molecule has 2 aromatic rings. The van der Waals surface area contributed by atoms with Gasteiger partial charge in [-0.05, 0) is 36.4 Å². The highest BCUT2D eigenvalue weighted by Gasteiger charge is 2.15. The average molecular weight is 414 g/mol. The first kappa shape index (κ1) is 19.3. The Labute approximate surface area is 153 Å². The highest BCUT2D eigenvalue weighted by Crippen LogP contribution is 2.18. The van der Waals surface area contributed by atoms with Gasteiger partial charge in [-0.3, -0.25) is 4.79 Å². The smallest absolute Gasteiger partial charge is 0.387 e. The Morgan fingerprint density at radius 1 is 1.16 bits per heavy atom. The maximum Gasteiger partial charge on any atom is 0.387 e. The molecular formula is C18H20BrF2N2O2+. The summed E-state index contributed by atoms with van der Waals surface area (Å²) in [6.07, 6.45) is 0.897. The number of carbonyl (C=O) groups is 1. The molecule has 0 aliphatic heterocycles. The number of hydrogen-bond acceptors (Lipinski definition) is 2. The van der Waals surface area contributed by atoms with Crippen molar-refractivity contribution in [2.75, 3.05) is 11.9 Å². The molecule has 0 saturated carbocycles. The molecule has 7 heteroatoms. The lowest BCUT2D eigenvalue weighted by Crippen LogP contribution is -2.87. The van der Waals surface area contributed by atoms with Gasteiger partial charge in [-0.25, -0.2) is 0 Å². The molecule has 1 amide bonds. The molecule has 134 valence electrons. The van der Waals surface area contributed by atoms with Crippen LogP contribution in [0.3, 0.4) is 0 Å². The number of carbonyl (C=O) groups excluding carboxylic acids is 1. The van der Waals surface area contributed by atoms with Crippen molar-refractivity contribution in [3.8, 4) is 5.75 Å². The van der Waals surface area contributed by atoms with Crippen molar-refractivity contribution in [2.24, 2.45) is 0 Å². The van der Waals surface area contributed by atoms with E-state index in [-0.39, 0.29) is 24.2 Å². The van der Waals surface area contributed by atoms with Gasteiger partial charge < -0.3 is 15.4 Å². The molecule has 0 bridgehead atoms. The van der Waals surface area contributed by atoms with Crippen LogP contribution in [0.25, 0.3) is 0 Å². The van der Waals surface area contributed by atoms with E-state index in [4.69, 9.17) is 0 Å². The van der Waals surface area contributed by atoms with Crippen molar-refractivity contribution < 1.29 is 23.6 Å². The lowest BCUT2D eigenvalue weighted by molar-refractivity contribution is -0.686. The average Bonchev–Trinajstić information content (AvgIpc) is 2.58. The number of amides is 1. The van der Waals surface area contributed by atoms with Crippen molar-refractivity contribution in [3.05, 3.63) is 58.6 Å². The zero-order valence-corrected chi connectivity index (χ0v) is 15.3. The third-order valence-electron chi connectivity index (χ3n) is 3.69. The molecule has 0 saturated heterocycles. The van der Waals surface area contributed by atoms with Gasteiger partial charge in [0, 0.05) is 22.1 Å². The summed E-state index contributed by atoms with van der Waals surface area (Å²) in [4.78, 5) is 12.1. The van der Waals surface area contributed by atoms with Gasteiger partial charge in [0.05, 0.1) is 0 Å². The fourth-order valence-corrected chi connectivity index (χ4v) is 2.69. The van der Waals surface area contributed by atoms with Crippen LogP contribution in [0.5, 0.6) is 5.75 Å². The van der Waals surface area contributed by atoms with Crippen LogP contribution in [0.1, 0.15) is 24.9 Å². The van der Waals surface area contributed by atoms with E-state index in [1.807, 2.05) is 29.6 Å². The molecule has 2 rings (SSSR count). The quantitative estimate of drug-likeness (QED) is 0.692. The molecule has 3 N–H and O–H groups in total. The Morgan fingerprint density at radius 3 is 2.36 bits per heavy atom. The van der Waals surface area contributed by atoms with Crippen LogP contribution in [0.15, 0.2) is 53.0 Å². The number of anilines is 1. The first-order chi connectivity index (χ1) is 12.0. The van der Waals surface area contributed by atoms with Gasteiger partial charge in [0.25, 0.3) is 5.91 Å². The highest BCUT2D eigenvalue weighted by atomic mass is 79.9. The number of nitrogens with one attached hydrogen (secondary N) is 1. The van der Waals surface area contributed by atoms with E-state index in [9.17, 15) is 13.6 Å². The van der Waals surface area contributed by atoms with Crippen LogP contribution >= 0.6 is 15.9 Å². The van der Waals surface area contributed by atoms with Crippen LogP contribution in [0, 0.1) is 0 Å². The number of benzene rings is 2. The van der Waals surface area contributed by atoms with Gasteiger partial charge in [0.1, 0.15) is 11.8 Å². The zero-order chi connectivity index (χ0) is 18.2. The standard InChI is InChI=1S/C18H19BrF2N2O2/c1-2-16(12-3-5-13(19)6-4-12)22-11-17(24)23-14-7-9-15(10-8-14)25-18(20)21/h3-10,16,18,22H,2,11H2,1H3,(H,23,24)/p+1/t16-/m0/s1. The first-order valence-electron chi connectivity index (χ1n) is 7.91. The zero-order valence-electron chi connectivity index (χ0n) is 13.7. The molecule has 0 aliphatic carbocycles. The van der Waals surface area contributed by atoms with E-state index in [1.54, 1.807) is 0 Å². The van der Waals surface area contributed by atoms with E-state index in [0.717, 1.165) is 16.5 Å². The third-order valence-corrected chi connectivity index (χ3v) is 4.22. The second kappa shape index (κ2) is 9.48. The van der Waals surface area contributed by atoms with Gasteiger partial charge in [0.2, 0.25) is 0 Å². The Kier molecular flexibility index (Phi) is 7.33. The van der Waals surface area contributed by atoms with Crippen molar-refractivity contribution in [3.63, 3.8) is 0 Å². The summed E-state index contributed by atoms with van der Waals surface area (Å²) in [6, 6.07) is 14.1. The van der Waals surface area contributed by atoms with E-state index in [2.05, 4.69) is 32.9 Å². The lowest BCUT2D eigenvalue weighted by atomic mass is 10.0. The van der Waals surface area contributed by atoms with Crippen LogP contribution in [-0.2, 0) is 4.79 Å². The predicted octanol–water partition coefficient (Wildman–Crippen LogP) is 3.70. The number of rotatable bonds is 8. The summed E-state index contributed by atoms with van der Waals surface area (Å²) in [5.41, 5.74) is 1.70. The number of quaternary nitrogens is 1. The Balaban J connectivity index is 1.85. The molecule has 1 atom stereocenters. The van der Waals surface area contributed by atoms with Crippen LogP contribution in [0.4, 0.5) is 14.5 Å². The van der Waals surface area contributed by atoms with E-state index < -0.39 is 6.61 Å². The molecule has 0 spiro atoms. The minimum atomic E-state index is -2.86. The largest absolute Gasteiger partial charge is 0.435 e. The normalized spacial score (nSPS) is 12.0. The van der Waals surface area contributed by atoms with E-state index in [1.165, 1.54) is 24.3 Å². The highest BCUT2D eigenvalue weighted by molar-refractivity contribution is 9.10. The Bertz CT molecular complexity index is 678. The number of alkyl halides is 2. The number of hydrogen-bond donors (Lipinski definition) is 2. The number of nitrogens with two attached hydrogens (primary N) is 1. The molecule has 25 heavy (non-hydrogen) atoms. The summed E-state index contributed by atoms with van der Waals surface area (Å²) in [6.45, 7) is -0.521. The minimum Gasteiger partial charge on any atom is -0.435 e. The van der Waals surface area contributed by atoms with Gasteiger partial charge in [-0.15, -0.1) is 0 Å².